The third-order valence-corrected chi connectivity index (χ3v) is 7.12. The van der Waals surface area contributed by atoms with Crippen LogP contribution in [0.3, 0.4) is 0 Å². The van der Waals surface area contributed by atoms with Gasteiger partial charge in [-0.1, -0.05) is 54.6 Å². The number of fused-ring (bicyclic) bond motifs is 2. The van der Waals surface area contributed by atoms with Crippen molar-refractivity contribution >= 4 is 28.2 Å². The second-order valence-electron chi connectivity index (χ2n) is 10.9. The molecule has 5 aromatic rings. The van der Waals surface area contributed by atoms with Crippen molar-refractivity contribution in [3.05, 3.63) is 78.6 Å². The van der Waals surface area contributed by atoms with Gasteiger partial charge in [-0.2, -0.15) is 0 Å². The Labute approximate surface area is 221 Å². The summed E-state index contributed by atoms with van der Waals surface area (Å²) >= 11 is 0. The molecule has 8 nitrogen and oxygen atoms in total. The summed E-state index contributed by atoms with van der Waals surface area (Å²) in [6, 6.07) is 22.6. The third-order valence-electron chi connectivity index (χ3n) is 7.12. The summed E-state index contributed by atoms with van der Waals surface area (Å²) in [7, 11) is 0. The average Bonchev–Trinajstić information content (AvgIpc) is 3.32. The van der Waals surface area contributed by atoms with Crippen LogP contribution in [0, 0.1) is 0 Å². The van der Waals surface area contributed by atoms with Gasteiger partial charge in [-0.05, 0) is 38.5 Å². The Morgan fingerprint density at radius 2 is 1.58 bits per heavy atom. The van der Waals surface area contributed by atoms with E-state index >= 15 is 0 Å². The van der Waals surface area contributed by atoms with Crippen LogP contribution in [0.25, 0.3) is 44.6 Å². The number of benzene rings is 3. The molecule has 0 aliphatic carbocycles. The molecule has 3 aromatic carbocycles. The molecular formula is C30H30N6O2. The number of amides is 1. The highest BCUT2D eigenvalue weighted by molar-refractivity contribution is 5.94. The van der Waals surface area contributed by atoms with Crippen molar-refractivity contribution in [1.29, 1.82) is 0 Å². The molecule has 38 heavy (non-hydrogen) atoms. The number of imidazole rings is 1. The Bertz CT molecular complexity index is 1620. The van der Waals surface area contributed by atoms with Crippen molar-refractivity contribution in [3.8, 4) is 22.5 Å². The highest BCUT2D eigenvalue weighted by Crippen LogP contribution is 2.32. The van der Waals surface area contributed by atoms with Crippen molar-refractivity contribution < 1.29 is 9.90 Å². The molecule has 3 heterocycles. The number of nitrogens with zero attached hydrogens (tertiary/aromatic N) is 5. The van der Waals surface area contributed by atoms with Crippen molar-refractivity contribution in [1.82, 2.24) is 29.7 Å². The van der Waals surface area contributed by atoms with E-state index in [4.69, 9.17) is 9.97 Å². The maximum absolute atomic E-state index is 11.8. The summed E-state index contributed by atoms with van der Waals surface area (Å²) in [4.78, 5) is 33.2. The molecule has 1 aliphatic heterocycles. The van der Waals surface area contributed by atoms with Crippen molar-refractivity contribution in [3.63, 3.8) is 0 Å². The molecule has 0 spiro atoms. The van der Waals surface area contributed by atoms with Crippen LogP contribution >= 0.6 is 0 Å². The Balaban J connectivity index is 1.27. The zero-order valence-electron chi connectivity index (χ0n) is 21.7. The maximum Gasteiger partial charge on any atom is 0.408 e. The minimum absolute atomic E-state index is 0.0223. The molecule has 192 valence electrons. The van der Waals surface area contributed by atoms with Crippen LogP contribution in [0.2, 0.25) is 0 Å². The van der Waals surface area contributed by atoms with Crippen LogP contribution in [0.1, 0.15) is 26.3 Å². The average molecular weight is 507 g/mol. The van der Waals surface area contributed by atoms with Crippen LogP contribution in [-0.2, 0) is 6.54 Å². The molecule has 0 bridgehead atoms. The lowest BCUT2D eigenvalue weighted by atomic mass is 9.98. The number of nitrogens with one attached hydrogen (secondary N) is 1. The topological polar surface area (TPSA) is 98.2 Å². The van der Waals surface area contributed by atoms with E-state index in [0.29, 0.717) is 0 Å². The van der Waals surface area contributed by atoms with Gasteiger partial charge in [0.1, 0.15) is 0 Å². The molecule has 1 fully saturated rings. The lowest BCUT2D eigenvalue weighted by Gasteiger charge is -2.49. The highest BCUT2D eigenvalue weighted by Gasteiger charge is 2.40. The highest BCUT2D eigenvalue weighted by atomic mass is 16.4. The molecule has 2 N–H and O–H groups in total. The normalized spacial score (nSPS) is 14.6. The Morgan fingerprint density at radius 3 is 2.21 bits per heavy atom. The van der Waals surface area contributed by atoms with Crippen molar-refractivity contribution in [2.75, 3.05) is 13.1 Å². The van der Waals surface area contributed by atoms with Gasteiger partial charge in [-0.25, -0.2) is 19.7 Å². The molecule has 2 aromatic heterocycles. The predicted octanol–water partition coefficient (Wildman–Crippen LogP) is 5.80. The number of hydrogen-bond acceptors (Lipinski definition) is 5. The Morgan fingerprint density at radius 1 is 0.947 bits per heavy atom. The van der Waals surface area contributed by atoms with E-state index in [9.17, 15) is 9.90 Å². The monoisotopic (exact) mass is 506 g/mol. The number of carboxylic acid groups (broad SMARTS) is 1. The number of rotatable bonds is 5. The number of likely N-dealkylation sites (tertiary alicyclic amines) is 1. The summed E-state index contributed by atoms with van der Waals surface area (Å²) in [5.74, 6) is 0. The first-order valence-electron chi connectivity index (χ1n) is 12.8. The minimum Gasteiger partial charge on any atom is -0.465 e. The number of hydrogen-bond donors (Lipinski definition) is 2. The fourth-order valence-electron chi connectivity index (χ4n) is 5.34. The lowest BCUT2D eigenvalue weighted by Crippen LogP contribution is -2.64. The molecule has 1 aliphatic rings. The number of aromatic nitrogens is 4. The first kappa shape index (κ1) is 24.1. The van der Waals surface area contributed by atoms with E-state index in [-0.39, 0.29) is 6.04 Å². The summed E-state index contributed by atoms with van der Waals surface area (Å²) < 4.78 is 0. The van der Waals surface area contributed by atoms with Gasteiger partial charge in [0.25, 0.3) is 0 Å². The Hall–Kier alpha value is -4.30. The van der Waals surface area contributed by atoms with E-state index in [1.807, 2.05) is 51.1 Å². The molecule has 0 radical (unpaired) electrons. The molecular weight excluding hydrogens is 476 g/mol. The van der Waals surface area contributed by atoms with Gasteiger partial charge < -0.3 is 10.1 Å². The quantitative estimate of drug-likeness (QED) is 0.313. The third kappa shape index (κ3) is 4.48. The van der Waals surface area contributed by atoms with Gasteiger partial charge in [0, 0.05) is 36.3 Å². The fourth-order valence-corrected chi connectivity index (χ4v) is 5.34. The van der Waals surface area contributed by atoms with E-state index in [1.165, 1.54) is 5.56 Å². The van der Waals surface area contributed by atoms with Gasteiger partial charge >= 0.3 is 6.09 Å². The lowest BCUT2D eigenvalue weighted by molar-refractivity contribution is -0.00829. The smallest absolute Gasteiger partial charge is 0.408 e. The van der Waals surface area contributed by atoms with Crippen molar-refractivity contribution in [2.45, 2.75) is 38.9 Å². The summed E-state index contributed by atoms with van der Waals surface area (Å²) in [6.07, 6.45) is 0.828. The summed E-state index contributed by atoms with van der Waals surface area (Å²) in [6.45, 7) is 8.08. The Kier molecular flexibility index (Phi) is 5.84. The second kappa shape index (κ2) is 9.22. The van der Waals surface area contributed by atoms with Gasteiger partial charge in [0.05, 0.1) is 45.8 Å². The van der Waals surface area contributed by atoms with Gasteiger partial charge in [0.2, 0.25) is 0 Å². The van der Waals surface area contributed by atoms with Crippen LogP contribution in [-0.4, -0.2) is 65.6 Å². The molecule has 0 unspecified atom stereocenters. The van der Waals surface area contributed by atoms with Crippen LogP contribution in [0.5, 0.6) is 0 Å². The largest absolute Gasteiger partial charge is 0.465 e. The molecule has 0 saturated carbocycles. The van der Waals surface area contributed by atoms with Gasteiger partial charge in [-0.15, -0.1) is 0 Å². The van der Waals surface area contributed by atoms with Crippen molar-refractivity contribution in [2.24, 2.45) is 0 Å². The van der Waals surface area contributed by atoms with E-state index in [1.54, 1.807) is 11.2 Å². The SMILES string of the molecule is CC(C)(C)N(C(=O)O)C1CN(Cc2ccc(-c3nc4cc5nc[nH]c5cc4nc3-c3ccccc3)cc2)C1. The van der Waals surface area contributed by atoms with Gasteiger partial charge in [0.15, 0.2) is 0 Å². The first-order chi connectivity index (χ1) is 18.3. The van der Waals surface area contributed by atoms with E-state index in [0.717, 1.165) is 64.2 Å². The summed E-state index contributed by atoms with van der Waals surface area (Å²) in [5, 5.41) is 9.66. The fraction of sp³-hybridized carbons (Fsp3) is 0.267. The number of carbonyl (C=O) groups is 1. The molecule has 8 heteroatoms. The molecule has 1 amide bonds. The molecule has 0 atom stereocenters. The van der Waals surface area contributed by atoms with Crippen LogP contribution in [0.15, 0.2) is 73.1 Å². The number of aromatic amines is 1. The van der Waals surface area contributed by atoms with Crippen LogP contribution < -0.4 is 0 Å². The summed E-state index contributed by atoms with van der Waals surface area (Å²) in [5.41, 5.74) is 7.86. The first-order valence-corrected chi connectivity index (χ1v) is 12.8. The zero-order chi connectivity index (χ0) is 26.4. The minimum atomic E-state index is -0.856. The second-order valence-corrected chi connectivity index (χ2v) is 10.9. The maximum atomic E-state index is 11.8. The van der Waals surface area contributed by atoms with Crippen LogP contribution in [0.4, 0.5) is 4.79 Å². The zero-order valence-corrected chi connectivity index (χ0v) is 21.7. The molecule has 1 saturated heterocycles. The van der Waals surface area contributed by atoms with E-state index < -0.39 is 11.6 Å². The van der Waals surface area contributed by atoms with E-state index in [2.05, 4.69) is 51.3 Å². The molecule has 6 rings (SSSR count). The predicted molar refractivity (Wildman–Crippen MR) is 149 cm³/mol. The van der Waals surface area contributed by atoms with Gasteiger partial charge in [-0.3, -0.25) is 9.80 Å². The number of H-pyrrole nitrogens is 1. The standard InChI is InChI=1S/C30H30N6O2/c1-30(2,3)36(29(37)38)22-16-35(17-22)15-19-9-11-21(12-10-19)28-27(20-7-5-4-6-8-20)33-25-13-23-24(32-18-31-23)14-26(25)34-28/h4-14,18,22H,15-17H2,1-3H3,(H,31,32)(H,37,38).